The van der Waals surface area contributed by atoms with Crippen LogP contribution >= 0.6 is 11.3 Å². The van der Waals surface area contributed by atoms with E-state index in [2.05, 4.69) is 21.3 Å². The molecular formula is C23H27N5O3S. The summed E-state index contributed by atoms with van der Waals surface area (Å²) < 4.78 is 9.23. The highest BCUT2D eigenvalue weighted by Gasteiger charge is 2.29. The lowest BCUT2D eigenvalue weighted by atomic mass is 10.0. The van der Waals surface area contributed by atoms with E-state index in [0.29, 0.717) is 23.8 Å². The molecule has 3 aromatic heterocycles. The number of nitrogens with one attached hydrogen (secondary N) is 1. The zero-order valence-corrected chi connectivity index (χ0v) is 18.8. The number of hydrogen-bond donors (Lipinski definition) is 1. The highest BCUT2D eigenvalue weighted by atomic mass is 32.1. The average molecular weight is 454 g/mol. The van der Waals surface area contributed by atoms with Crippen molar-refractivity contribution in [1.82, 2.24) is 24.3 Å². The average Bonchev–Trinajstić information content (AvgIpc) is 3.40. The van der Waals surface area contributed by atoms with Crippen molar-refractivity contribution in [3.63, 3.8) is 0 Å². The van der Waals surface area contributed by atoms with Gasteiger partial charge in [0.05, 0.1) is 18.8 Å². The van der Waals surface area contributed by atoms with Crippen molar-refractivity contribution in [2.24, 2.45) is 0 Å². The van der Waals surface area contributed by atoms with E-state index in [-0.39, 0.29) is 17.2 Å². The third-order valence-corrected chi connectivity index (χ3v) is 8.10. The summed E-state index contributed by atoms with van der Waals surface area (Å²) in [5, 5.41) is 3.73. The quantitative estimate of drug-likeness (QED) is 0.634. The molecule has 1 atom stereocenters. The lowest BCUT2D eigenvalue weighted by molar-refractivity contribution is 0.171. The molecule has 0 radical (unpaired) electrons. The van der Waals surface area contributed by atoms with E-state index in [1.165, 1.54) is 16.0 Å². The van der Waals surface area contributed by atoms with E-state index in [1.807, 2.05) is 11.3 Å². The molecule has 3 aliphatic rings. The maximum atomic E-state index is 12.6. The fraction of sp³-hybridized carbons (Fsp3) is 0.522. The third-order valence-electron chi connectivity index (χ3n) is 6.92. The van der Waals surface area contributed by atoms with Gasteiger partial charge in [0.15, 0.2) is 0 Å². The molecule has 0 saturated carbocycles. The summed E-state index contributed by atoms with van der Waals surface area (Å²) in [5.74, 6) is 1.09. The molecule has 6 heterocycles. The Morgan fingerprint density at radius 3 is 2.91 bits per heavy atom. The van der Waals surface area contributed by atoms with Gasteiger partial charge < -0.3 is 15.0 Å². The van der Waals surface area contributed by atoms with E-state index in [1.54, 1.807) is 21.3 Å². The Bertz CT molecular complexity index is 1240. The van der Waals surface area contributed by atoms with Crippen LogP contribution in [0.4, 0.5) is 0 Å². The summed E-state index contributed by atoms with van der Waals surface area (Å²) in [6.45, 7) is 5.05. The number of nitrogens with zero attached hydrogens (tertiary/aromatic N) is 4. The van der Waals surface area contributed by atoms with Crippen molar-refractivity contribution in [3.8, 4) is 5.75 Å². The van der Waals surface area contributed by atoms with Gasteiger partial charge >= 0.3 is 0 Å². The van der Waals surface area contributed by atoms with Crippen molar-refractivity contribution < 1.29 is 4.74 Å². The minimum Gasteiger partial charge on any atom is -0.492 e. The second-order valence-electron chi connectivity index (χ2n) is 9.02. The van der Waals surface area contributed by atoms with E-state index >= 15 is 0 Å². The molecule has 3 aliphatic heterocycles. The molecular weight excluding hydrogens is 426 g/mol. The topological polar surface area (TPSA) is 81.4 Å². The van der Waals surface area contributed by atoms with Gasteiger partial charge in [-0.25, -0.2) is 4.98 Å². The molecule has 0 amide bonds. The van der Waals surface area contributed by atoms with E-state index in [9.17, 15) is 9.59 Å². The first kappa shape index (κ1) is 20.1. The van der Waals surface area contributed by atoms with Gasteiger partial charge in [-0.2, -0.15) is 0 Å². The molecule has 0 aromatic carbocycles. The molecule has 0 bridgehead atoms. The number of hydrogen-bond acceptors (Lipinski definition) is 7. The first-order chi connectivity index (χ1) is 15.7. The summed E-state index contributed by atoms with van der Waals surface area (Å²) in [4.78, 5) is 34.3. The van der Waals surface area contributed by atoms with Crippen molar-refractivity contribution in [3.05, 3.63) is 54.9 Å². The van der Waals surface area contributed by atoms with Gasteiger partial charge in [0.2, 0.25) is 0 Å². The van der Waals surface area contributed by atoms with E-state index < -0.39 is 0 Å². The van der Waals surface area contributed by atoms with Crippen LogP contribution in [0.3, 0.4) is 0 Å². The fourth-order valence-corrected chi connectivity index (χ4v) is 6.39. The van der Waals surface area contributed by atoms with Crippen LogP contribution < -0.4 is 21.2 Å². The van der Waals surface area contributed by atoms with Crippen LogP contribution in [0.5, 0.6) is 5.75 Å². The molecule has 0 aliphatic carbocycles. The molecule has 0 spiro atoms. The van der Waals surface area contributed by atoms with Crippen LogP contribution in [0.1, 0.15) is 35.1 Å². The van der Waals surface area contributed by atoms with Gasteiger partial charge in [-0.3, -0.25) is 18.7 Å². The van der Waals surface area contributed by atoms with E-state index in [4.69, 9.17) is 4.74 Å². The Labute approximate surface area is 189 Å². The van der Waals surface area contributed by atoms with Crippen molar-refractivity contribution >= 4 is 22.5 Å². The maximum absolute atomic E-state index is 12.6. The molecule has 32 heavy (non-hydrogen) atoms. The molecule has 1 unspecified atom stereocenters. The van der Waals surface area contributed by atoms with Crippen LogP contribution in [0.2, 0.25) is 0 Å². The number of ether oxygens (including phenoxy) is 1. The Morgan fingerprint density at radius 2 is 2.06 bits per heavy atom. The minimum atomic E-state index is -0.126. The summed E-state index contributed by atoms with van der Waals surface area (Å²) >= 11 is 1.88. The minimum absolute atomic E-state index is 0.0231. The predicted octanol–water partition coefficient (Wildman–Crippen LogP) is 1.75. The Morgan fingerprint density at radius 1 is 1.19 bits per heavy atom. The van der Waals surface area contributed by atoms with Gasteiger partial charge in [0.1, 0.15) is 16.9 Å². The number of likely N-dealkylation sites (tertiary alicyclic amines) is 1. The highest BCUT2D eigenvalue weighted by Crippen LogP contribution is 2.33. The number of thiophene rings is 1. The van der Waals surface area contributed by atoms with E-state index in [0.717, 1.165) is 64.2 Å². The molecule has 168 valence electrons. The standard InChI is InChI=1S/C23H27N5O3S/c29-21-4-3-18-23-27(21)14-16(28(23)22(30)12-25-18)13-26-7-5-15(6-8-26)24-11-17-10-19-20(32-17)2-1-9-31-19/h3-4,10,12,15-16,24H,1-2,5-9,11,13-14H2. The monoisotopic (exact) mass is 453 g/mol. The van der Waals surface area contributed by atoms with Crippen LogP contribution in [-0.2, 0) is 19.5 Å². The number of pyridine rings is 1. The molecule has 8 nitrogen and oxygen atoms in total. The number of fused-ring (bicyclic) bond motifs is 1. The van der Waals surface area contributed by atoms with Crippen molar-refractivity contribution in [2.75, 3.05) is 26.2 Å². The predicted molar refractivity (Wildman–Crippen MR) is 124 cm³/mol. The van der Waals surface area contributed by atoms with Gasteiger partial charge in [-0.1, -0.05) is 0 Å². The second kappa shape index (κ2) is 8.13. The van der Waals surface area contributed by atoms with Crippen LogP contribution in [0.25, 0.3) is 11.2 Å². The fourth-order valence-electron chi connectivity index (χ4n) is 5.29. The highest BCUT2D eigenvalue weighted by molar-refractivity contribution is 7.12. The SMILES string of the molecule is O=c1ccc2ncc(=O)n3c2n1CC3CN1CCC(NCc2cc3c(s2)CCCO3)CC1. The van der Waals surface area contributed by atoms with Crippen molar-refractivity contribution in [1.29, 1.82) is 0 Å². The summed E-state index contributed by atoms with van der Waals surface area (Å²) in [7, 11) is 0. The Hall–Kier alpha value is -2.49. The molecule has 1 saturated heterocycles. The smallest absolute Gasteiger partial charge is 0.270 e. The van der Waals surface area contributed by atoms with Crippen LogP contribution in [-0.4, -0.2) is 51.3 Å². The normalized spacial score (nSPS) is 21.1. The number of piperidine rings is 1. The molecule has 6 rings (SSSR count). The maximum Gasteiger partial charge on any atom is 0.270 e. The number of aryl methyl sites for hydroxylation is 1. The lowest BCUT2D eigenvalue weighted by Crippen LogP contribution is -2.44. The van der Waals surface area contributed by atoms with Gasteiger partial charge in [0, 0.05) is 41.5 Å². The molecule has 1 fully saturated rings. The van der Waals surface area contributed by atoms with Gasteiger partial charge in [-0.05, 0) is 50.9 Å². The summed E-state index contributed by atoms with van der Waals surface area (Å²) in [5.41, 5.74) is 1.17. The summed E-state index contributed by atoms with van der Waals surface area (Å²) in [6, 6.07) is 5.93. The van der Waals surface area contributed by atoms with Crippen molar-refractivity contribution in [2.45, 2.75) is 50.9 Å². The van der Waals surface area contributed by atoms with Crippen LogP contribution in [0.15, 0.2) is 34.0 Å². The lowest BCUT2D eigenvalue weighted by Gasteiger charge is -2.34. The first-order valence-electron chi connectivity index (χ1n) is 11.5. The van der Waals surface area contributed by atoms with Crippen LogP contribution in [0, 0.1) is 0 Å². The third kappa shape index (κ3) is 3.58. The van der Waals surface area contributed by atoms with Gasteiger partial charge in [-0.15, -0.1) is 11.3 Å². The molecule has 3 aromatic rings. The number of rotatable bonds is 5. The Kier molecular flexibility index (Phi) is 5.12. The number of aromatic nitrogens is 3. The summed E-state index contributed by atoms with van der Waals surface area (Å²) in [6.07, 6.45) is 5.81. The van der Waals surface area contributed by atoms with Gasteiger partial charge in [0.25, 0.3) is 11.1 Å². The zero-order chi connectivity index (χ0) is 21.7. The molecule has 1 N–H and O–H groups in total. The zero-order valence-electron chi connectivity index (χ0n) is 18.0. The largest absolute Gasteiger partial charge is 0.492 e. The molecule has 9 heteroatoms. The first-order valence-corrected chi connectivity index (χ1v) is 12.3. The Balaban J connectivity index is 1.07. The second-order valence-corrected chi connectivity index (χ2v) is 10.2.